The molecule has 18 heavy (non-hydrogen) atoms. The summed E-state index contributed by atoms with van der Waals surface area (Å²) >= 11 is 6.19. The topological polar surface area (TPSA) is 38.7 Å². The molecule has 4 heteroatoms. The van der Waals surface area contributed by atoms with Gasteiger partial charge in [-0.05, 0) is 37.3 Å². The molecule has 0 N–H and O–H groups in total. The third-order valence-electron chi connectivity index (χ3n) is 3.27. The first kappa shape index (κ1) is 13.1. The number of rotatable bonds is 5. The van der Waals surface area contributed by atoms with E-state index in [9.17, 15) is 4.79 Å². The van der Waals surface area contributed by atoms with Gasteiger partial charge in [-0.2, -0.15) is 0 Å². The van der Waals surface area contributed by atoms with Crippen LogP contribution in [0, 0.1) is 12.8 Å². The lowest BCUT2D eigenvalue weighted by Crippen LogP contribution is -2.19. The van der Waals surface area contributed by atoms with E-state index < -0.39 is 0 Å². The Morgan fingerprint density at radius 3 is 2.89 bits per heavy atom. The Morgan fingerprint density at radius 1 is 1.50 bits per heavy atom. The molecule has 1 aromatic rings. The Morgan fingerprint density at radius 2 is 2.28 bits per heavy atom. The van der Waals surface area contributed by atoms with Crippen LogP contribution in [0.15, 0.2) is 17.1 Å². The van der Waals surface area contributed by atoms with E-state index in [0.717, 1.165) is 11.1 Å². The number of aryl methyl sites for hydroxylation is 1. The van der Waals surface area contributed by atoms with Gasteiger partial charge in [0.15, 0.2) is 0 Å². The molecule has 3 nitrogen and oxygen atoms in total. The second-order valence-corrected chi connectivity index (χ2v) is 5.16. The number of nitrogens with zero attached hydrogens (tertiary/aromatic N) is 1. The highest BCUT2D eigenvalue weighted by Gasteiger charge is 2.19. The number of isocyanates is 1. The van der Waals surface area contributed by atoms with E-state index in [1.807, 2.05) is 19.1 Å². The van der Waals surface area contributed by atoms with Gasteiger partial charge in [0.25, 0.3) is 0 Å². The summed E-state index contributed by atoms with van der Waals surface area (Å²) in [4.78, 5) is 13.8. The Kier molecular flexibility index (Phi) is 4.40. The van der Waals surface area contributed by atoms with E-state index >= 15 is 0 Å². The summed E-state index contributed by atoms with van der Waals surface area (Å²) in [5.74, 6) is 1.30. The molecule has 1 aromatic carbocycles. The van der Waals surface area contributed by atoms with Crippen LogP contribution in [-0.4, -0.2) is 12.7 Å². The zero-order valence-electron chi connectivity index (χ0n) is 10.4. The third kappa shape index (κ3) is 3.12. The molecule has 0 amide bonds. The lowest BCUT2D eigenvalue weighted by molar-refractivity contribution is 0.179. The molecule has 0 atom stereocenters. The number of hydrogen-bond donors (Lipinski definition) is 0. The number of ether oxygens (including phenoxy) is 1. The quantitative estimate of drug-likeness (QED) is 0.602. The van der Waals surface area contributed by atoms with Crippen molar-refractivity contribution < 1.29 is 9.53 Å². The molecule has 0 aromatic heterocycles. The summed E-state index contributed by atoms with van der Waals surface area (Å²) in [5.41, 5.74) is 1.88. The van der Waals surface area contributed by atoms with Gasteiger partial charge in [0.2, 0.25) is 6.08 Å². The summed E-state index contributed by atoms with van der Waals surface area (Å²) in [6, 6.07) is 3.81. The molecule has 0 bridgehead atoms. The van der Waals surface area contributed by atoms with Crippen LogP contribution in [0.1, 0.15) is 30.4 Å². The summed E-state index contributed by atoms with van der Waals surface area (Å²) in [7, 11) is 0. The normalized spacial score (nSPS) is 14.8. The largest absolute Gasteiger partial charge is 0.491 e. The van der Waals surface area contributed by atoms with E-state index in [1.54, 1.807) is 6.08 Å². The first-order chi connectivity index (χ1) is 8.70. The minimum atomic E-state index is 0.269. The Hall–Kier alpha value is -1.31. The Balaban J connectivity index is 2.15. The van der Waals surface area contributed by atoms with Crippen molar-refractivity contribution in [2.24, 2.45) is 10.9 Å². The highest BCUT2D eigenvalue weighted by atomic mass is 35.5. The lowest BCUT2D eigenvalue weighted by Gasteiger charge is -2.26. The maximum atomic E-state index is 10.2. The number of carbonyl (C=O) groups excluding carboxylic acids is 1. The maximum absolute atomic E-state index is 10.2. The van der Waals surface area contributed by atoms with Crippen LogP contribution in [0.25, 0.3) is 0 Å². The van der Waals surface area contributed by atoms with Crippen molar-refractivity contribution in [1.29, 1.82) is 0 Å². The average Bonchev–Trinajstić information content (AvgIpc) is 2.26. The van der Waals surface area contributed by atoms with Crippen LogP contribution < -0.4 is 4.74 Å². The van der Waals surface area contributed by atoms with Gasteiger partial charge in [0.1, 0.15) is 5.75 Å². The van der Waals surface area contributed by atoms with Crippen molar-refractivity contribution in [1.82, 2.24) is 0 Å². The molecule has 0 saturated heterocycles. The summed E-state index contributed by atoms with van der Waals surface area (Å²) < 4.78 is 5.80. The van der Waals surface area contributed by atoms with E-state index in [4.69, 9.17) is 16.3 Å². The molecule has 0 heterocycles. The number of benzene rings is 1. The minimum Gasteiger partial charge on any atom is -0.491 e. The van der Waals surface area contributed by atoms with Crippen LogP contribution in [0.5, 0.6) is 5.75 Å². The van der Waals surface area contributed by atoms with Gasteiger partial charge in [-0.25, -0.2) is 9.79 Å². The van der Waals surface area contributed by atoms with Gasteiger partial charge in [-0.15, -0.1) is 0 Å². The Labute approximate surface area is 112 Å². The van der Waals surface area contributed by atoms with Crippen LogP contribution in [0.2, 0.25) is 5.02 Å². The predicted octanol–water partition coefficient (Wildman–Crippen LogP) is 3.66. The molecule has 0 unspecified atom stereocenters. The van der Waals surface area contributed by atoms with Gasteiger partial charge in [-0.1, -0.05) is 24.1 Å². The fourth-order valence-electron chi connectivity index (χ4n) is 2.06. The highest BCUT2D eigenvalue weighted by molar-refractivity contribution is 6.32. The van der Waals surface area contributed by atoms with Crippen LogP contribution >= 0.6 is 11.6 Å². The molecule has 1 saturated carbocycles. The lowest BCUT2D eigenvalue weighted by atomic mass is 9.86. The van der Waals surface area contributed by atoms with Crippen LogP contribution in [0.3, 0.4) is 0 Å². The van der Waals surface area contributed by atoms with E-state index in [1.165, 1.54) is 19.3 Å². The van der Waals surface area contributed by atoms with E-state index in [2.05, 4.69) is 4.99 Å². The van der Waals surface area contributed by atoms with Gasteiger partial charge < -0.3 is 4.74 Å². The van der Waals surface area contributed by atoms with Crippen molar-refractivity contribution in [2.75, 3.05) is 6.61 Å². The highest BCUT2D eigenvalue weighted by Crippen LogP contribution is 2.33. The van der Waals surface area contributed by atoms with Gasteiger partial charge in [0.05, 0.1) is 18.2 Å². The molecule has 1 aliphatic carbocycles. The molecule has 0 aliphatic heterocycles. The van der Waals surface area contributed by atoms with Gasteiger partial charge in [-0.3, -0.25) is 0 Å². The van der Waals surface area contributed by atoms with Gasteiger partial charge in [0, 0.05) is 5.56 Å². The molecule has 96 valence electrons. The van der Waals surface area contributed by atoms with Crippen molar-refractivity contribution in [3.8, 4) is 5.75 Å². The zero-order valence-corrected chi connectivity index (χ0v) is 11.2. The molecule has 2 rings (SSSR count). The van der Waals surface area contributed by atoms with Crippen molar-refractivity contribution in [3.63, 3.8) is 0 Å². The number of aliphatic imine (C=N–C) groups is 1. The molecule has 0 spiro atoms. The van der Waals surface area contributed by atoms with Crippen molar-refractivity contribution in [2.45, 2.75) is 32.7 Å². The number of halogens is 1. The molecular weight excluding hydrogens is 250 g/mol. The standard InChI is InChI=1S/C14H16ClNO2/c1-10-5-12(7-16-9-17)14(13(15)6-10)18-8-11-3-2-4-11/h5-6,11H,2-4,7-8H2,1H3. The molecule has 1 aliphatic rings. The van der Waals surface area contributed by atoms with Crippen molar-refractivity contribution in [3.05, 3.63) is 28.3 Å². The smallest absolute Gasteiger partial charge is 0.235 e. The first-order valence-corrected chi connectivity index (χ1v) is 6.54. The molecule has 1 fully saturated rings. The fraction of sp³-hybridized carbons (Fsp3) is 0.500. The van der Waals surface area contributed by atoms with E-state index in [0.29, 0.717) is 23.3 Å². The maximum Gasteiger partial charge on any atom is 0.235 e. The first-order valence-electron chi connectivity index (χ1n) is 6.16. The van der Waals surface area contributed by atoms with Crippen LogP contribution in [-0.2, 0) is 11.3 Å². The molecular formula is C14H16ClNO2. The second-order valence-electron chi connectivity index (χ2n) is 4.75. The fourth-order valence-corrected chi connectivity index (χ4v) is 2.41. The predicted molar refractivity (Wildman–Crippen MR) is 70.9 cm³/mol. The van der Waals surface area contributed by atoms with Crippen LogP contribution in [0.4, 0.5) is 0 Å². The minimum absolute atomic E-state index is 0.269. The summed E-state index contributed by atoms with van der Waals surface area (Å²) in [5, 5.41) is 0.588. The van der Waals surface area contributed by atoms with Crippen molar-refractivity contribution >= 4 is 17.7 Å². The number of hydrogen-bond acceptors (Lipinski definition) is 3. The summed E-state index contributed by atoms with van der Waals surface area (Å²) in [6.07, 6.45) is 5.29. The van der Waals surface area contributed by atoms with Gasteiger partial charge >= 0.3 is 0 Å². The SMILES string of the molecule is Cc1cc(Cl)c(OCC2CCC2)c(CN=C=O)c1. The Bertz CT molecular complexity index is 477. The molecule has 0 radical (unpaired) electrons. The zero-order chi connectivity index (χ0) is 13.0. The summed E-state index contributed by atoms with van der Waals surface area (Å²) in [6.45, 7) is 2.92. The monoisotopic (exact) mass is 265 g/mol. The third-order valence-corrected chi connectivity index (χ3v) is 3.55. The van der Waals surface area contributed by atoms with E-state index in [-0.39, 0.29) is 6.54 Å². The second kappa shape index (κ2) is 6.03. The average molecular weight is 266 g/mol.